The van der Waals surface area contributed by atoms with E-state index in [1.807, 2.05) is 0 Å². The average Bonchev–Trinajstić information content (AvgIpc) is 2.62. The van der Waals surface area contributed by atoms with E-state index in [2.05, 4.69) is 20.7 Å². The second kappa shape index (κ2) is 4.63. The zero-order valence-corrected chi connectivity index (χ0v) is 10.0. The molecule has 0 radical (unpaired) electrons. The standard InChI is InChI=1S/C10H15N5O3/c1-15-8(12-6-13-15)14-9(18)11-5-10(7(16)17)3-2-4-10/h6H,2-5H2,1H3,(H,16,17)(H2,11,12,13,14,18). The summed E-state index contributed by atoms with van der Waals surface area (Å²) < 4.78 is 1.41. The fraction of sp³-hybridized carbons (Fsp3) is 0.600. The lowest BCUT2D eigenvalue weighted by Crippen LogP contribution is -2.48. The highest BCUT2D eigenvalue weighted by molar-refractivity contribution is 5.88. The Bertz CT molecular complexity index is 466. The van der Waals surface area contributed by atoms with Crippen molar-refractivity contribution in [3.8, 4) is 0 Å². The zero-order chi connectivity index (χ0) is 13.2. The maximum Gasteiger partial charge on any atom is 0.321 e. The van der Waals surface area contributed by atoms with Gasteiger partial charge >= 0.3 is 12.0 Å². The topological polar surface area (TPSA) is 109 Å². The van der Waals surface area contributed by atoms with E-state index >= 15 is 0 Å². The Morgan fingerprint density at radius 3 is 2.72 bits per heavy atom. The van der Waals surface area contributed by atoms with Crippen molar-refractivity contribution < 1.29 is 14.7 Å². The first kappa shape index (κ1) is 12.3. The molecule has 8 nitrogen and oxygen atoms in total. The van der Waals surface area contributed by atoms with E-state index in [0.29, 0.717) is 18.8 Å². The summed E-state index contributed by atoms with van der Waals surface area (Å²) >= 11 is 0. The molecule has 1 aromatic rings. The predicted octanol–water partition coefficient (Wildman–Crippen LogP) is 0.192. The van der Waals surface area contributed by atoms with Gasteiger partial charge in [0.15, 0.2) is 0 Å². The van der Waals surface area contributed by atoms with Crippen LogP contribution in [0.25, 0.3) is 0 Å². The second-order valence-electron chi connectivity index (χ2n) is 4.45. The highest BCUT2D eigenvalue weighted by atomic mass is 16.4. The second-order valence-corrected chi connectivity index (χ2v) is 4.45. The van der Waals surface area contributed by atoms with Crippen LogP contribution >= 0.6 is 0 Å². The van der Waals surface area contributed by atoms with E-state index < -0.39 is 17.4 Å². The minimum Gasteiger partial charge on any atom is -0.481 e. The molecule has 18 heavy (non-hydrogen) atoms. The monoisotopic (exact) mass is 253 g/mol. The number of carbonyl (C=O) groups excluding carboxylic acids is 1. The third-order valence-corrected chi connectivity index (χ3v) is 3.29. The number of hydrogen-bond acceptors (Lipinski definition) is 4. The quantitative estimate of drug-likeness (QED) is 0.709. The molecule has 0 bridgehead atoms. The molecule has 1 saturated carbocycles. The largest absolute Gasteiger partial charge is 0.481 e. The van der Waals surface area contributed by atoms with Crippen molar-refractivity contribution in [1.29, 1.82) is 0 Å². The van der Waals surface area contributed by atoms with Gasteiger partial charge in [0.2, 0.25) is 5.95 Å². The van der Waals surface area contributed by atoms with Gasteiger partial charge in [-0.15, -0.1) is 0 Å². The Kier molecular flexibility index (Phi) is 3.17. The van der Waals surface area contributed by atoms with Gasteiger partial charge in [0.05, 0.1) is 5.41 Å². The van der Waals surface area contributed by atoms with Crippen molar-refractivity contribution >= 4 is 17.9 Å². The molecule has 0 saturated heterocycles. The summed E-state index contributed by atoms with van der Waals surface area (Å²) in [5, 5.41) is 18.0. The lowest BCUT2D eigenvalue weighted by molar-refractivity contribution is -0.153. The van der Waals surface area contributed by atoms with Crippen molar-refractivity contribution in [1.82, 2.24) is 20.1 Å². The van der Waals surface area contributed by atoms with Crippen LogP contribution in [-0.4, -0.2) is 38.4 Å². The first-order valence-electron chi connectivity index (χ1n) is 5.66. The van der Waals surface area contributed by atoms with Gasteiger partial charge in [-0.1, -0.05) is 6.42 Å². The molecule has 1 heterocycles. The fourth-order valence-electron chi connectivity index (χ4n) is 1.87. The predicted molar refractivity (Wildman–Crippen MR) is 61.9 cm³/mol. The van der Waals surface area contributed by atoms with Crippen LogP contribution in [-0.2, 0) is 11.8 Å². The number of amides is 2. The minimum atomic E-state index is -0.854. The van der Waals surface area contributed by atoms with Gasteiger partial charge in [-0.3, -0.25) is 10.1 Å². The number of anilines is 1. The third kappa shape index (κ3) is 2.27. The van der Waals surface area contributed by atoms with E-state index in [4.69, 9.17) is 5.11 Å². The normalized spacial score (nSPS) is 16.7. The summed E-state index contributed by atoms with van der Waals surface area (Å²) in [5.74, 6) is -0.543. The van der Waals surface area contributed by atoms with E-state index in [9.17, 15) is 9.59 Å². The van der Waals surface area contributed by atoms with Crippen molar-refractivity contribution in [2.75, 3.05) is 11.9 Å². The Balaban J connectivity index is 1.85. The summed E-state index contributed by atoms with van der Waals surface area (Å²) in [7, 11) is 1.65. The molecule has 8 heteroatoms. The number of rotatable bonds is 4. The number of carboxylic acid groups (broad SMARTS) is 1. The smallest absolute Gasteiger partial charge is 0.321 e. The molecule has 0 atom stereocenters. The van der Waals surface area contributed by atoms with Crippen LogP contribution in [0.2, 0.25) is 0 Å². The van der Waals surface area contributed by atoms with Gasteiger partial charge in [-0.05, 0) is 12.8 Å². The molecule has 0 aliphatic heterocycles. The molecule has 0 unspecified atom stereocenters. The van der Waals surface area contributed by atoms with Gasteiger partial charge < -0.3 is 10.4 Å². The molecule has 2 rings (SSSR count). The lowest BCUT2D eigenvalue weighted by Gasteiger charge is -2.37. The minimum absolute atomic E-state index is 0.131. The Labute approximate surface area is 103 Å². The van der Waals surface area contributed by atoms with Crippen LogP contribution in [0, 0.1) is 5.41 Å². The Morgan fingerprint density at radius 1 is 1.56 bits per heavy atom. The lowest BCUT2D eigenvalue weighted by atomic mass is 9.69. The van der Waals surface area contributed by atoms with Crippen LogP contribution < -0.4 is 10.6 Å². The highest BCUT2D eigenvalue weighted by Crippen LogP contribution is 2.40. The van der Waals surface area contributed by atoms with Gasteiger partial charge in [-0.25, -0.2) is 9.48 Å². The van der Waals surface area contributed by atoms with Gasteiger partial charge in [-0.2, -0.15) is 10.1 Å². The SMILES string of the molecule is Cn1ncnc1NC(=O)NCC1(C(=O)O)CCC1. The van der Waals surface area contributed by atoms with E-state index in [0.717, 1.165) is 6.42 Å². The molecule has 1 fully saturated rings. The number of urea groups is 1. The fourth-order valence-corrected chi connectivity index (χ4v) is 1.87. The molecular formula is C10H15N5O3. The number of carbonyl (C=O) groups is 2. The highest BCUT2D eigenvalue weighted by Gasteiger charge is 2.44. The van der Waals surface area contributed by atoms with E-state index in [1.165, 1.54) is 11.0 Å². The molecule has 1 aliphatic rings. The van der Waals surface area contributed by atoms with Crippen molar-refractivity contribution in [3.05, 3.63) is 6.33 Å². The van der Waals surface area contributed by atoms with Crippen LogP contribution in [0.3, 0.4) is 0 Å². The maximum absolute atomic E-state index is 11.6. The number of aromatic nitrogens is 3. The molecular weight excluding hydrogens is 238 g/mol. The van der Waals surface area contributed by atoms with Crippen LogP contribution in [0.15, 0.2) is 6.33 Å². The van der Waals surface area contributed by atoms with Crippen molar-refractivity contribution in [2.45, 2.75) is 19.3 Å². The first-order chi connectivity index (χ1) is 8.53. The van der Waals surface area contributed by atoms with E-state index in [1.54, 1.807) is 7.05 Å². The third-order valence-electron chi connectivity index (χ3n) is 3.29. The summed E-state index contributed by atoms with van der Waals surface area (Å²) in [5.41, 5.74) is -0.794. The molecule has 0 aromatic carbocycles. The Morgan fingerprint density at radius 2 is 2.28 bits per heavy atom. The average molecular weight is 253 g/mol. The number of nitrogens with zero attached hydrogens (tertiary/aromatic N) is 3. The molecule has 0 spiro atoms. The maximum atomic E-state index is 11.6. The number of aliphatic carboxylic acids is 1. The number of carboxylic acids is 1. The number of aryl methyl sites for hydroxylation is 1. The summed E-state index contributed by atoms with van der Waals surface area (Å²) in [6, 6.07) is -0.473. The zero-order valence-electron chi connectivity index (χ0n) is 10.0. The molecule has 98 valence electrons. The number of hydrogen-bond donors (Lipinski definition) is 3. The van der Waals surface area contributed by atoms with Gasteiger partial charge in [0.1, 0.15) is 6.33 Å². The summed E-state index contributed by atoms with van der Waals surface area (Å²) in [4.78, 5) is 26.5. The molecule has 3 N–H and O–H groups in total. The molecule has 1 aromatic heterocycles. The van der Waals surface area contributed by atoms with Gasteiger partial charge in [0.25, 0.3) is 0 Å². The van der Waals surface area contributed by atoms with Crippen molar-refractivity contribution in [3.63, 3.8) is 0 Å². The van der Waals surface area contributed by atoms with Crippen LogP contribution in [0.5, 0.6) is 0 Å². The van der Waals surface area contributed by atoms with Crippen LogP contribution in [0.1, 0.15) is 19.3 Å². The summed E-state index contributed by atoms with van der Waals surface area (Å²) in [6.07, 6.45) is 3.41. The summed E-state index contributed by atoms with van der Waals surface area (Å²) in [6.45, 7) is 0.131. The van der Waals surface area contributed by atoms with Crippen LogP contribution in [0.4, 0.5) is 10.7 Å². The molecule has 1 aliphatic carbocycles. The molecule has 2 amide bonds. The van der Waals surface area contributed by atoms with E-state index in [-0.39, 0.29) is 6.54 Å². The van der Waals surface area contributed by atoms with Gasteiger partial charge in [0, 0.05) is 13.6 Å². The van der Waals surface area contributed by atoms with Crippen molar-refractivity contribution in [2.24, 2.45) is 12.5 Å². The number of nitrogens with one attached hydrogen (secondary N) is 2. The first-order valence-corrected chi connectivity index (χ1v) is 5.66. The Hall–Kier alpha value is -2.12.